The number of thiazole rings is 1. The number of β-amino-alcohol motifs (C(OH)–C–C–N with tert-alkyl or cyclic N) is 1. The number of benzene rings is 1. The van der Waals surface area contributed by atoms with Crippen molar-refractivity contribution in [3.63, 3.8) is 0 Å². The molecule has 0 aliphatic carbocycles. The zero-order valence-corrected chi connectivity index (χ0v) is 14.6. The van der Waals surface area contributed by atoms with E-state index in [1.54, 1.807) is 11.8 Å². The third-order valence-corrected chi connectivity index (χ3v) is 5.65. The van der Waals surface area contributed by atoms with Crippen LogP contribution in [0.3, 0.4) is 0 Å². The number of nitrogens with zero attached hydrogens (tertiary/aromatic N) is 2. The monoisotopic (exact) mass is 330 g/mol. The van der Waals surface area contributed by atoms with Gasteiger partial charge in [-0.3, -0.25) is 4.79 Å². The zero-order chi connectivity index (χ0) is 16.7. The van der Waals surface area contributed by atoms with Crippen molar-refractivity contribution >= 4 is 17.2 Å². The van der Waals surface area contributed by atoms with Crippen LogP contribution in [0, 0.1) is 5.41 Å². The number of hydrogen-bond acceptors (Lipinski definition) is 4. The van der Waals surface area contributed by atoms with E-state index in [9.17, 15) is 9.90 Å². The number of hydrogen-bond donors (Lipinski definition) is 1. The van der Waals surface area contributed by atoms with Crippen LogP contribution >= 0.6 is 11.3 Å². The lowest BCUT2D eigenvalue weighted by molar-refractivity contribution is -0.0108. The summed E-state index contributed by atoms with van der Waals surface area (Å²) in [5.41, 5.74) is 0.484. The molecule has 0 saturated carbocycles. The SMILES string of the molecule is CC1(C)CN(C(=O)c2csc(Cc3ccccc3)n2)C[C@]1(C)O. The fourth-order valence-corrected chi connectivity index (χ4v) is 3.66. The predicted octanol–water partition coefficient (Wildman–Crippen LogP) is 2.97. The molecule has 1 amide bonds. The Bertz CT molecular complexity index is 691. The summed E-state index contributed by atoms with van der Waals surface area (Å²) >= 11 is 1.51. The Morgan fingerprint density at radius 3 is 2.57 bits per heavy atom. The van der Waals surface area contributed by atoms with Crippen molar-refractivity contribution in [1.82, 2.24) is 9.88 Å². The van der Waals surface area contributed by atoms with Gasteiger partial charge in [-0.15, -0.1) is 11.3 Å². The predicted molar refractivity (Wildman–Crippen MR) is 91.7 cm³/mol. The maximum absolute atomic E-state index is 12.6. The quantitative estimate of drug-likeness (QED) is 0.941. The summed E-state index contributed by atoms with van der Waals surface area (Å²) in [4.78, 5) is 18.8. The lowest BCUT2D eigenvalue weighted by Gasteiger charge is -2.30. The molecule has 23 heavy (non-hydrogen) atoms. The smallest absolute Gasteiger partial charge is 0.273 e. The molecule has 122 valence electrons. The van der Waals surface area contributed by atoms with Crippen LogP contribution in [0.2, 0.25) is 0 Å². The van der Waals surface area contributed by atoms with Crippen LogP contribution in [0.1, 0.15) is 41.8 Å². The lowest BCUT2D eigenvalue weighted by atomic mass is 9.79. The first-order valence-corrected chi connectivity index (χ1v) is 8.66. The van der Waals surface area contributed by atoms with E-state index >= 15 is 0 Å². The lowest BCUT2D eigenvalue weighted by Crippen LogP contribution is -2.40. The zero-order valence-electron chi connectivity index (χ0n) is 13.7. The summed E-state index contributed by atoms with van der Waals surface area (Å²) in [6.45, 7) is 6.67. The van der Waals surface area contributed by atoms with Crippen molar-refractivity contribution in [1.29, 1.82) is 0 Å². The second-order valence-corrected chi connectivity index (χ2v) is 8.05. The molecular formula is C18H22N2O2S. The van der Waals surface area contributed by atoms with Gasteiger partial charge >= 0.3 is 0 Å². The van der Waals surface area contributed by atoms with E-state index < -0.39 is 5.60 Å². The first-order valence-electron chi connectivity index (χ1n) is 7.78. The Balaban J connectivity index is 1.72. The molecule has 2 aromatic rings. The van der Waals surface area contributed by atoms with Crippen molar-refractivity contribution in [3.05, 3.63) is 52.0 Å². The number of likely N-dealkylation sites (tertiary alicyclic amines) is 1. The summed E-state index contributed by atoms with van der Waals surface area (Å²) in [5, 5.41) is 13.2. The van der Waals surface area contributed by atoms with Crippen LogP contribution in [0.4, 0.5) is 0 Å². The van der Waals surface area contributed by atoms with E-state index in [4.69, 9.17) is 0 Å². The molecule has 0 spiro atoms. The summed E-state index contributed by atoms with van der Waals surface area (Å²) in [5.74, 6) is -0.0913. The molecule has 3 rings (SSSR count). The van der Waals surface area contributed by atoms with Gasteiger partial charge < -0.3 is 10.0 Å². The molecule has 2 heterocycles. The van der Waals surface area contributed by atoms with E-state index in [0.717, 1.165) is 11.4 Å². The first-order chi connectivity index (χ1) is 10.8. The number of rotatable bonds is 3. The fraction of sp³-hybridized carbons (Fsp3) is 0.444. The minimum absolute atomic E-state index is 0.0913. The fourth-order valence-electron chi connectivity index (χ4n) is 2.86. The number of carbonyl (C=O) groups excluding carboxylic acids is 1. The molecule has 1 aromatic carbocycles. The molecule has 1 saturated heterocycles. The minimum Gasteiger partial charge on any atom is -0.388 e. The van der Waals surface area contributed by atoms with Gasteiger partial charge in [-0.2, -0.15) is 0 Å². The Kier molecular flexibility index (Phi) is 4.02. The van der Waals surface area contributed by atoms with E-state index in [-0.39, 0.29) is 11.3 Å². The van der Waals surface area contributed by atoms with Crippen LogP contribution < -0.4 is 0 Å². The molecule has 1 aliphatic rings. The molecular weight excluding hydrogens is 308 g/mol. The minimum atomic E-state index is -0.869. The van der Waals surface area contributed by atoms with Gasteiger partial charge in [-0.05, 0) is 12.5 Å². The number of amides is 1. The van der Waals surface area contributed by atoms with Gasteiger partial charge in [0, 0.05) is 23.8 Å². The van der Waals surface area contributed by atoms with Crippen LogP contribution in [-0.4, -0.2) is 39.6 Å². The van der Waals surface area contributed by atoms with Gasteiger partial charge in [0.05, 0.1) is 17.2 Å². The normalized spacial score (nSPS) is 23.2. The van der Waals surface area contributed by atoms with Crippen molar-refractivity contribution in [2.24, 2.45) is 5.41 Å². The standard InChI is InChI=1S/C18H22N2O2S/c1-17(2)11-20(12-18(17,3)22)16(21)14-10-23-15(19-14)9-13-7-5-4-6-8-13/h4-8,10,22H,9,11-12H2,1-3H3/t18-/m0/s1. The van der Waals surface area contributed by atoms with Gasteiger partial charge in [-0.1, -0.05) is 44.2 Å². The molecule has 0 unspecified atom stereocenters. The van der Waals surface area contributed by atoms with Crippen LogP contribution in [0.5, 0.6) is 0 Å². The molecule has 1 atom stereocenters. The van der Waals surface area contributed by atoms with Gasteiger partial charge in [0.15, 0.2) is 0 Å². The van der Waals surface area contributed by atoms with Crippen molar-refractivity contribution in [2.45, 2.75) is 32.8 Å². The molecule has 1 aromatic heterocycles. The van der Waals surface area contributed by atoms with Gasteiger partial charge in [-0.25, -0.2) is 4.98 Å². The molecule has 5 heteroatoms. The maximum atomic E-state index is 12.6. The summed E-state index contributed by atoms with van der Waals surface area (Å²) < 4.78 is 0. The average Bonchev–Trinajstić information content (AvgIpc) is 3.02. The van der Waals surface area contributed by atoms with E-state index in [1.165, 1.54) is 16.9 Å². The van der Waals surface area contributed by atoms with Crippen molar-refractivity contribution in [3.8, 4) is 0 Å². The number of aromatic nitrogens is 1. The average molecular weight is 330 g/mol. The highest BCUT2D eigenvalue weighted by atomic mass is 32.1. The molecule has 1 fully saturated rings. The highest BCUT2D eigenvalue weighted by molar-refractivity contribution is 7.09. The largest absolute Gasteiger partial charge is 0.388 e. The van der Waals surface area contributed by atoms with Gasteiger partial charge in [0.2, 0.25) is 0 Å². The maximum Gasteiger partial charge on any atom is 0.273 e. The Morgan fingerprint density at radius 1 is 1.26 bits per heavy atom. The third-order valence-electron chi connectivity index (χ3n) is 4.80. The first kappa shape index (κ1) is 16.1. The van der Waals surface area contributed by atoms with Crippen LogP contribution in [-0.2, 0) is 6.42 Å². The van der Waals surface area contributed by atoms with Crippen molar-refractivity contribution < 1.29 is 9.90 Å². The molecule has 1 aliphatic heterocycles. The number of aliphatic hydroxyl groups is 1. The Labute approximate surface area is 140 Å². The third kappa shape index (κ3) is 3.16. The highest BCUT2D eigenvalue weighted by Crippen LogP contribution is 2.38. The topological polar surface area (TPSA) is 53.4 Å². The summed E-state index contributed by atoms with van der Waals surface area (Å²) in [7, 11) is 0. The van der Waals surface area contributed by atoms with E-state index in [0.29, 0.717) is 18.8 Å². The van der Waals surface area contributed by atoms with Crippen LogP contribution in [0.25, 0.3) is 0 Å². The molecule has 0 bridgehead atoms. The highest BCUT2D eigenvalue weighted by Gasteiger charge is 2.49. The summed E-state index contributed by atoms with van der Waals surface area (Å²) in [6, 6.07) is 10.1. The molecule has 4 nitrogen and oxygen atoms in total. The number of carbonyl (C=O) groups is 1. The Hall–Kier alpha value is -1.72. The van der Waals surface area contributed by atoms with E-state index in [2.05, 4.69) is 17.1 Å². The Morgan fingerprint density at radius 2 is 1.96 bits per heavy atom. The molecule has 1 N–H and O–H groups in total. The second kappa shape index (κ2) is 5.73. The summed E-state index contributed by atoms with van der Waals surface area (Å²) in [6.07, 6.45) is 0.738. The van der Waals surface area contributed by atoms with Crippen LogP contribution in [0.15, 0.2) is 35.7 Å². The van der Waals surface area contributed by atoms with E-state index in [1.807, 2.05) is 37.4 Å². The molecule has 0 radical (unpaired) electrons. The van der Waals surface area contributed by atoms with Gasteiger partial charge in [0.1, 0.15) is 5.69 Å². The second-order valence-electron chi connectivity index (χ2n) is 7.11. The van der Waals surface area contributed by atoms with Gasteiger partial charge in [0.25, 0.3) is 5.91 Å². The van der Waals surface area contributed by atoms with Crippen molar-refractivity contribution in [2.75, 3.05) is 13.1 Å².